The Morgan fingerprint density at radius 1 is 1.08 bits per heavy atom. The molecule has 5 nitrogen and oxygen atoms in total. The number of nitrogens with zero attached hydrogens (tertiary/aromatic N) is 1. The van der Waals surface area contributed by atoms with E-state index in [2.05, 4.69) is 0 Å². The summed E-state index contributed by atoms with van der Waals surface area (Å²) < 4.78 is 11.0. The van der Waals surface area contributed by atoms with Gasteiger partial charge in [0.25, 0.3) is 0 Å². The smallest absolute Gasteiger partial charge is 0.231 e. The number of benzene rings is 2. The third-order valence-corrected chi connectivity index (χ3v) is 5.40. The van der Waals surface area contributed by atoms with Crippen molar-refractivity contribution in [2.24, 2.45) is 5.92 Å². The molecule has 3 heterocycles. The van der Waals surface area contributed by atoms with Crippen LogP contribution in [-0.4, -0.2) is 29.9 Å². The van der Waals surface area contributed by atoms with Gasteiger partial charge in [-0.15, -0.1) is 0 Å². The quantitative estimate of drug-likeness (QED) is 0.792. The average molecular weight is 335 g/mol. The highest BCUT2D eigenvalue weighted by molar-refractivity contribution is 6.02. The van der Waals surface area contributed by atoms with E-state index in [1.54, 1.807) is 0 Å². The fourth-order valence-corrected chi connectivity index (χ4v) is 4.22. The monoisotopic (exact) mass is 335 g/mol. The average Bonchev–Trinajstić information content (AvgIpc) is 3.24. The summed E-state index contributed by atoms with van der Waals surface area (Å²) >= 11 is 0. The summed E-state index contributed by atoms with van der Waals surface area (Å²) in [6.45, 7) is 0.868. The van der Waals surface area contributed by atoms with Gasteiger partial charge in [0.1, 0.15) is 0 Å². The molecule has 5 rings (SSSR count). The molecule has 3 aliphatic rings. The van der Waals surface area contributed by atoms with Crippen LogP contribution in [0, 0.1) is 5.92 Å². The molecule has 3 aliphatic heterocycles. The van der Waals surface area contributed by atoms with Gasteiger partial charge in [0.05, 0.1) is 12.0 Å². The van der Waals surface area contributed by atoms with Crippen LogP contribution in [0.15, 0.2) is 42.5 Å². The topological polar surface area (TPSA) is 55.8 Å². The highest BCUT2D eigenvalue weighted by atomic mass is 16.7. The number of rotatable bonds is 2. The largest absolute Gasteiger partial charge is 0.454 e. The molecule has 0 N–H and O–H groups in total. The summed E-state index contributed by atoms with van der Waals surface area (Å²) in [7, 11) is 0. The maximum Gasteiger partial charge on any atom is 0.231 e. The molecule has 126 valence electrons. The van der Waals surface area contributed by atoms with Gasteiger partial charge < -0.3 is 14.4 Å². The predicted molar refractivity (Wildman–Crippen MR) is 89.6 cm³/mol. The third kappa shape index (κ3) is 2.15. The molecular formula is C20H17NO4. The Morgan fingerprint density at radius 2 is 1.84 bits per heavy atom. The van der Waals surface area contributed by atoms with Crippen molar-refractivity contribution in [3.05, 3.63) is 59.2 Å². The summed E-state index contributed by atoms with van der Waals surface area (Å²) in [6.07, 6.45) is 1.05. The van der Waals surface area contributed by atoms with E-state index in [1.807, 2.05) is 47.4 Å². The number of amides is 1. The molecule has 0 bridgehead atoms. The van der Waals surface area contributed by atoms with Crippen LogP contribution in [0.4, 0.5) is 0 Å². The lowest BCUT2D eigenvalue weighted by Crippen LogP contribution is -2.36. The van der Waals surface area contributed by atoms with Crippen LogP contribution in [-0.2, 0) is 11.2 Å². The molecule has 0 aromatic heterocycles. The Kier molecular flexibility index (Phi) is 3.10. The summed E-state index contributed by atoms with van der Waals surface area (Å²) in [4.78, 5) is 27.4. The van der Waals surface area contributed by atoms with Crippen molar-refractivity contribution in [3.8, 4) is 11.5 Å². The summed E-state index contributed by atoms with van der Waals surface area (Å²) in [5.74, 6) is 1.19. The second-order valence-corrected chi connectivity index (χ2v) is 6.73. The minimum absolute atomic E-state index is 0.0342. The number of Topliss-reactive ketones (excluding diaryl/α,β-unsaturated/α-hetero) is 1. The van der Waals surface area contributed by atoms with Gasteiger partial charge >= 0.3 is 0 Å². The normalized spacial score (nSPS) is 23.4. The summed E-state index contributed by atoms with van der Waals surface area (Å²) in [5, 5.41) is 0. The number of ketones is 1. The van der Waals surface area contributed by atoms with Gasteiger partial charge in [-0.05, 0) is 29.7 Å². The fourth-order valence-electron chi connectivity index (χ4n) is 4.22. The van der Waals surface area contributed by atoms with E-state index in [-0.39, 0.29) is 36.9 Å². The minimum Gasteiger partial charge on any atom is -0.454 e. The van der Waals surface area contributed by atoms with E-state index in [0.717, 1.165) is 23.3 Å². The molecule has 2 aromatic rings. The van der Waals surface area contributed by atoms with Gasteiger partial charge in [0, 0.05) is 18.5 Å². The maximum absolute atomic E-state index is 13.1. The zero-order valence-corrected chi connectivity index (χ0v) is 13.6. The van der Waals surface area contributed by atoms with Crippen molar-refractivity contribution in [3.63, 3.8) is 0 Å². The van der Waals surface area contributed by atoms with Crippen molar-refractivity contribution in [1.29, 1.82) is 0 Å². The Morgan fingerprint density at radius 3 is 2.64 bits per heavy atom. The molecule has 0 unspecified atom stereocenters. The molecule has 0 radical (unpaired) electrons. The van der Waals surface area contributed by atoms with Crippen LogP contribution in [0.5, 0.6) is 11.5 Å². The molecule has 1 saturated heterocycles. The molecule has 2 atom stereocenters. The lowest BCUT2D eigenvalue weighted by molar-refractivity contribution is -0.129. The molecule has 5 heteroatoms. The zero-order chi connectivity index (χ0) is 17.0. The van der Waals surface area contributed by atoms with Gasteiger partial charge in [-0.2, -0.15) is 0 Å². The Hall–Kier alpha value is -2.82. The second-order valence-electron chi connectivity index (χ2n) is 6.73. The minimum atomic E-state index is -0.352. The van der Waals surface area contributed by atoms with E-state index >= 15 is 0 Å². The SMILES string of the molecule is O=C(c1ccccc1)[C@@H]1CC(=O)N2CCc3cc4c(cc3[C@@H]12)OCO4. The first-order valence-electron chi connectivity index (χ1n) is 8.53. The third-order valence-electron chi connectivity index (χ3n) is 5.40. The Balaban J connectivity index is 1.59. The molecule has 1 amide bonds. The Bertz CT molecular complexity index is 877. The second kappa shape index (κ2) is 5.34. The first-order chi connectivity index (χ1) is 12.2. The number of fused-ring (bicyclic) bond motifs is 4. The van der Waals surface area contributed by atoms with E-state index in [4.69, 9.17) is 9.47 Å². The summed E-state index contributed by atoms with van der Waals surface area (Å²) in [6, 6.07) is 13.0. The van der Waals surface area contributed by atoms with Gasteiger partial charge in [-0.25, -0.2) is 0 Å². The number of carbonyl (C=O) groups is 2. The van der Waals surface area contributed by atoms with Gasteiger partial charge in [0.2, 0.25) is 12.7 Å². The van der Waals surface area contributed by atoms with Crippen LogP contribution in [0.3, 0.4) is 0 Å². The highest BCUT2D eigenvalue weighted by Crippen LogP contribution is 2.47. The van der Waals surface area contributed by atoms with Crippen molar-refractivity contribution in [1.82, 2.24) is 4.90 Å². The molecule has 0 spiro atoms. The van der Waals surface area contributed by atoms with Gasteiger partial charge in [-0.3, -0.25) is 9.59 Å². The highest BCUT2D eigenvalue weighted by Gasteiger charge is 2.47. The number of carbonyl (C=O) groups excluding carboxylic acids is 2. The first-order valence-corrected chi connectivity index (χ1v) is 8.53. The molecular weight excluding hydrogens is 318 g/mol. The van der Waals surface area contributed by atoms with Crippen LogP contribution in [0.1, 0.15) is 33.9 Å². The van der Waals surface area contributed by atoms with E-state index < -0.39 is 0 Å². The van der Waals surface area contributed by atoms with Crippen molar-refractivity contribution in [2.75, 3.05) is 13.3 Å². The molecule has 2 aromatic carbocycles. The van der Waals surface area contributed by atoms with Crippen LogP contribution in [0.2, 0.25) is 0 Å². The van der Waals surface area contributed by atoms with Crippen molar-refractivity contribution >= 4 is 11.7 Å². The standard InChI is InChI=1S/C20H17NO4/c22-18-10-15(20(23)12-4-2-1-3-5-12)19-14-9-17-16(24-11-25-17)8-13(14)6-7-21(18)19/h1-5,8-9,15,19H,6-7,10-11H2/t15-,19+/m1/s1. The maximum atomic E-state index is 13.1. The van der Waals surface area contributed by atoms with Crippen LogP contribution < -0.4 is 9.47 Å². The van der Waals surface area contributed by atoms with E-state index in [9.17, 15) is 9.59 Å². The van der Waals surface area contributed by atoms with Gasteiger partial charge in [-0.1, -0.05) is 30.3 Å². The molecule has 25 heavy (non-hydrogen) atoms. The summed E-state index contributed by atoms with van der Waals surface area (Å²) in [5.41, 5.74) is 2.83. The van der Waals surface area contributed by atoms with Crippen LogP contribution >= 0.6 is 0 Å². The number of hydrogen-bond donors (Lipinski definition) is 0. The number of ether oxygens (including phenoxy) is 2. The Labute approximate surface area is 145 Å². The molecule has 0 aliphatic carbocycles. The lowest BCUT2D eigenvalue weighted by Gasteiger charge is -2.34. The number of hydrogen-bond acceptors (Lipinski definition) is 4. The molecule has 1 fully saturated rings. The first kappa shape index (κ1) is 14.5. The van der Waals surface area contributed by atoms with Gasteiger partial charge in [0.15, 0.2) is 17.3 Å². The molecule has 0 saturated carbocycles. The predicted octanol–water partition coefficient (Wildman–Crippen LogP) is 2.74. The zero-order valence-electron chi connectivity index (χ0n) is 13.6. The van der Waals surface area contributed by atoms with Crippen molar-refractivity contribution in [2.45, 2.75) is 18.9 Å². The van der Waals surface area contributed by atoms with Crippen molar-refractivity contribution < 1.29 is 19.1 Å². The van der Waals surface area contributed by atoms with E-state index in [0.29, 0.717) is 17.9 Å². The van der Waals surface area contributed by atoms with E-state index in [1.165, 1.54) is 0 Å². The van der Waals surface area contributed by atoms with Crippen LogP contribution in [0.25, 0.3) is 0 Å². The fraction of sp³-hybridized carbons (Fsp3) is 0.300. The lowest BCUT2D eigenvalue weighted by atomic mass is 9.83.